The standard InChI is InChI=1S/C15H9Cl2N3.C12H9.C4H8O.C3Cl3N3.BrH.Mg/c16-14-18-13(19-15(17)20-14)12-8-4-7-11(9-12)10-5-2-1-3-6-10;1-3-7-11(8-4-1)12-9-5-2-6-10-12;1-2-4-5-3-1;4-1-7-2(5)9-3(6)8-1;;/h1-9H;1-5,7-10H;1-4H2;;1H;/q;-1;;;;+2/p-1. The van der Waals surface area contributed by atoms with E-state index in [1.54, 1.807) is 0 Å². The summed E-state index contributed by atoms with van der Waals surface area (Å²) in [6.45, 7) is 2.00. The molecule has 1 fully saturated rings. The predicted molar refractivity (Wildman–Crippen MR) is 192 cm³/mol. The van der Waals surface area contributed by atoms with E-state index < -0.39 is 0 Å². The van der Waals surface area contributed by atoms with Gasteiger partial charge in [0.05, 0.1) is 0 Å². The molecule has 0 unspecified atom stereocenters. The van der Waals surface area contributed by atoms with E-state index in [9.17, 15) is 0 Å². The minimum atomic E-state index is 0. The quantitative estimate of drug-likeness (QED) is 0.142. The van der Waals surface area contributed by atoms with Gasteiger partial charge >= 0.3 is 23.1 Å². The summed E-state index contributed by atoms with van der Waals surface area (Å²) >= 11 is 27.6. The first-order valence-electron chi connectivity index (χ1n) is 13.9. The van der Waals surface area contributed by atoms with Crippen molar-refractivity contribution in [2.24, 2.45) is 0 Å². The third kappa shape index (κ3) is 15.0. The van der Waals surface area contributed by atoms with Crippen LogP contribution in [0.4, 0.5) is 0 Å². The summed E-state index contributed by atoms with van der Waals surface area (Å²) in [7, 11) is 0. The van der Waals surface area contributed by atoms with Gasteiger partial charge in [0.25, 0.3) is 0 Å². The van der Waals surface area contributed by atoms with Crippen LogP contribution < -0.4 is 17.0 Å². The number of benzene rings is 4. The molecule has 1 saturated heterocycles. The Balaban J connectivity index is 0.000000244. The molecule has 0 N–H and O–H groups in total. The summed E-state index contributed by atoms with van der Waals surface area (Å²) in [5.74, 6) is 0.466. The summed E-state index contributed by atoms with van der Waals surface area (Å²) in [6, 6.07) is 39.3. The molecule has 48 heavy (non-hydrogen) atoms. The van der Waals surface area contributed by atoms with Gasteiger partial charge in [0, 0.05) is 18.8 Å². The van der Waals surface area contributed by atoms with Crippen molar-refractivity contribution in [3.05, 3.63) is 142 Å². The summed E-state index contributed by atoms with van der Waals surface area (Å²) < 4.78 is 4.94. The molecule has 0 radical (unpaired) electrons. The van der Waals surface area contributed by atoms with Crippen LogP contribution in [-0.4, -0.2) is 66.2 Å². The van der Waals surface area contributed by atoms with Gasteiger partial charge in [0.15, 0.2) is 5.82 Å². The maximum atomic E-state index is 5.81. The van der Waals surface area contributed by atoms with Crippen molar-refractivity contribution in [2.75, 3.05) is 13.2 Å². The molecule has 7 rings (SSSR count). The van der Waals surface area contributed by atoms with Crippen molar-refractivity contribution in [1.29, 1.82) is 0 Å². The summed E-state index contributed by atoms with van der Waals surface area (Å²) in [5, 5.41) is 0.176. The minimum Gasteiger partial charge on any atom is -1.00 e. The average molecular weight is 816 g/mol. The van der Waals surface area contributed by atoms with Crippen LogP contribution in [0.2, 0.25) is 26.4 Å². The fourth-order valence-corrected chi connectivity index (χ4v) is 4.91. The van der Waals surface area contributed by atoms with E-state index in [0.29, 0.717) is 5.82 Å². The molecule has 1 aliphatic heterocycles. The number of rotatable bonds is 3. The molecule has 2 aromatic heterocycles. The van der Waals surface area contributed by atoms with Crippen LogP contribution in [0.15, 0.2) is 109 Å². The Labute approximate surface area is 331 Å². The van der Waals surface area contributed by atoms with Crippen molar-refractivity contribution in [3.8, 4) is 33.6 Å². The van der Waals surface area contributed by atoms with Crippen LogP contribution >= 0.6 is 58.0 Å². The van der Waals surface area contributed by atoms with Gasteiger partial charge in [-0.15, -0.1) is 5.56 Å². The molecule has 6 aromatic rings. The molecule has 0 amide bonds. The van der Waals surface area contributed by atoms with E-state index in [2.05, 4.69) is 54.2 Å². The number of ether oxygens (including phenoxy) is 1. The minimum absolute atomic E-state index is 0. The average Bonchev–Trinajstić information content (AvgIpc) is 3.67. The van der Waals surface area contributed by atoms with Crippen LogP contribution in [0, 0.1) is 6.07 Å². The molecule has 0 bridgehead atoms. The monoisotopic (exact) mass is 812 g/mol. The van der Waals surface area contributed by atoms with Gasteiger partial charge in [0.2, 0.25) is 26.4 Å². The second kappa shape index (κ2) is 23.1. The summed E-state index contributed by atoms with van der Waals surface area (Å²) in [4.78, 5) is 22.3. The molecule has 3 heterocycles. The zero-order valence-corrected chi connectivity index (χ0v) is 32.1. The molecule has 1 aliphatic rings. The van der Waals surface area contributed by atoms with Crippen molar-refractivity contribution in [3.63, 3.8) is 0 Å². The SMILES string of the molecule is C1CCOC1.Clc1nc(Cl)nc(-c2cccc(-c3ccccc3)c2)n1.Clc1nc(Cl)nc(Cl)n1.[Br-].[Mg+2].[c-]1cccc(-c2ccccc2)c1. The zero-order chi connectivity index (χ0) is 32.6. The number of nitrogens with zero attached hydrogens (tertiary/aromatic N) is 6. The third-order valence-electron chi connectivity index (χ3n) is 6.00. The third-order valence-corrected chi connectivity index (χ3v) is 6.85. The molecule has 14 heteroatoms. The second-order valence-corrected chi connectivity index (χ2v) is 11.0. The van der Waals surface area contributed by atoms with Crippen LogP contribution in [0.3, 0.4) is 0 Å². The zero-order valence-electron chi connectivity index (χ0n) is 25.3. The number of aromatic nitrogens is 6. The number of hydrogen-bond acceptors (Lipinski definition) is 7. The largest absolute Gasteiger partial charge is 2.00 e. The van der Waals surface area contributed by atoms with Crippen molar-refractivity contribution >= 4 is 81.1 Å². The Kier molecular flexibility index (Phi) is 20.0. The Morgan fingerprint density at radius 3 is 1.33 bits per heavy atom. The topological polar surface area (TPSA) is 86.6 Å². The van der Waals surface area contributed by atoms with Crippen LogP contribution in [0.1, 0.15) is 12.8 Å². The molecular formula is C34H26BrCl5MgN6O. The van der Waals surface area contributed by atoms with Crippen molar-refractivity contribution in [1.82, 2.24) is 29.9 Å². The normalized spacial score (nSPS) is 11.1. The molecule has 0 atom stereocenters. The van der Waals surface area contributed by atoms with Gasteiger partial charge in [-0.2, -0.15) is 60.2 Å². The maximum Gasteiger partial charge on any atom is 2.00 e. The van der Waals surface area contributed by atoms with E-state index in [1.165, 1.54) is 24.0 Å². The van der Waals surface area contributed by atoms with E-state index in [-0.39, 0.29) is 66.5 Å². The number of halogens is 6. The Morgan fingerprint density at radius 1 is 0.479 bits per heavy atom. The van der Waals surface area contributed by atoms with Gasteiger partial charge in [0.1, 0.15) is 0 Å². The van der Waals surface area contributed by atoms with Gasteiger partial charge in [-0.3, -0.25) is 0 Å². The van der Waals surface area contributed by atoms with Gasteiger partial charge in [-0.1, -0.05) is 84.4 Å². The van der Waals surface area contributed by atoms with E-state index in [4.69, 9.17) is 62.7 Å². The Morgan fingerprint density at radius 2 is 0.896 bits per heavy atom. The fraction of sp³-hybridized carbons (Fsp3) is 0.118. The van der Waals surface area contributed by atoms with Gasteiger partial charge in [-0.05, 0) is 88.0 Å². The Bertz CT molecular complexity index is 1680. The smallest absolute Gasteiger partial charge is 1.00 e. The van der Waals surface area contributed by atoms with Gasteiger partial charge in [-0.25, -0.2) is 0 Å². The molecule has 7 nitrogen and oxygen atoms in total. The second-order valence-electron chi connectivity index (χ2n) is 9.26. The molecule has 0 saturated carbocycles. The van der Waals surface area contributed by atoms with Gasteiger partial charge < -0.3 is 21.7 Å². The summed E-state index contributed by atoms with van der Waals surface area (Å²) in [6.07, 6.45) is 2.56. The van der Waals surface area contributed by atoms with Crippen molar-refractivity contribution < 1.29 is 21.7 Å². The number of hydrogen-bond donors (Lipinski definition) is 0. The molecule has 242 valence electrons. The molecule has 4 aromatic carbocycles. The van der Waals surface area contributed by atoms with Crippen molar-refractivity contribution in [2.45, 2.75) is 12.8 Å². The first-order chi connectivity index (χ1) is 22.4. The van der Waals surface area contributed by atoms with E-state index >= 15 is 0 Å². The first kappa shape index (κ1) is 41.7. The Hall–Kier alpha value is -2.44. The van der Waals surface area contributed by atoms with Crippen LogP contribution in [0.5, 0.6) is 0 Å². The fourth-order valence-electron chi connectivity index (χ4n) is 3.94. The molecule has 0 spiro atoms. The van der Waals surface area contributed by atoms with E-state index in [1.807, 2.05) is 91.0 Å². The predicted octanol–water partition coefficient (Wildman–Crippen LogP) is 6.92. The van der Waals surface area contributed by atoms with Crippen LogP contribution in [0.25, 0.3) is 33.6 Å². The molecule has 0 aliphatic carbocycles. The first-order valence-corrected chi connectivity index (χ1v) is 15.8. The molecular weight excluding hydrogens is 790 g/mol. The van der Waals surface area contributed by atoms with Crippen LogP contribution in [-0.2, 0) is 4.74 Å². The van der Waals surface area contributed by atoms with E-state index in [0.717, 1.165) is 29.9 Å². The summed E-state index contributed by atoms with van der Waals surface area (Å²) in [5.41, 5.74) is 5.52. The maximum absolute atomic E-state index is 5.81.